The van der Waals surface area contributed by atoms with Crippen LogP contribution in [0, 0.1) is 5.41 Å². The molecule has 0 saturated carbocycles. The predicted octanol–water partition coefficient (Wildman–Crippen LogP) is 4.08. The Hall–Kier alpha value is -2.62. The number of rotatable bonds is 3. The van der Waals surface area contributed by atoms with E-state index < -0.39 is 17.3 Å². The second-order valence-corrected chi connectivity index (χ2v) is 6.89. The number of hydrogen-bond acceptors (Lipinski definition) is 4. The molecule has 0 atom stereocenters. The van der Waals surface area contributed by atoms with Gasteiger partial charge in [0.2, 0.25) is 0 Å². The van der Waals surface area contributed by atoms with E-state index >= 15 is 0 Å². The maximum Gasteiger partial charge on any atom is 0.318 e. The molecule has 0 spiro atoms. The fourth-order valence-corrected chi connectivity index (χ4v) is 2.60. The van der Waals surface area contributed by atoms with Gasteiger partial charge in [-0.05, 0) is 12.1 Å². The molecule has 0 unspecified atom stereocenters. The van der Waals surface area contributed by atoms with Crippen LogP contribution in [0.1, 0.15) is 37.8 Å². The van der Waals surface area contributed by atoms with Crippen molar-refractivity contribution in [3.8, 4) is 11.5 Å². The Bertz CT molecular complexity index is 741. The van der Waals surface area contributed by atoms with Crippen molar-refractivity contribution in [2.75, 3.05) is 6.61 Å². The van der Waals surface area contributed by atoms with Crippen LogP contribution in [0.5, 0.6) is 11.5 Å². The van der Waals surface area contributed by atoms with Gasteiger partial charge in [-0.3, -0.25) is 9.59 Å². The first-order valence-electron chi connectivity index (χ1n) is 7.93. The molecule has 1 aliphatic heterocycles. The van der Waals surface area contributed by atoms with Crippen molar-refractivity contribution in [2.45, 2.75) is 26.7 Å². The molecular formula is C20H20O4. The molecule has 0 bridgehead atoms. The van der Waals surface area contributed by atoms with Crippen molar-refractivity contribution >= 4 is 11.8 Å². The smallest absolute Gasteiger partial charge is 0.318 e. The van der Waals surface area contributed by atoms with Gasteiger partial charge in [0, 0.05) is 16.5 Å². The van der Waals surface area contributed by atoms with Crippen LogP contribution in [-0.2, 0) is 14.3 Å². The summed E-state index contributed by atoms with van der Waals surface area (Å²) in [5.74, 6) is 0.153. The maximum atomic E-state index is 12.7. The number of esters is 1. The lowest BCUT2D eigenvalue weighted by atomic mass is 9.88. The summed E-state index contributed by atoms with van der Waals surface area (Å²) in [5.41, 5.74) is 0.972. The van der Waals surface area contributed by atoms with Crippen LogP contribution in [0.15, 0.2) is 48.5 Å². The van der Waals surface area contributed by atoms with Gasteiger partial charge in [0.15, 0.2) is 12.4 Å². The van der Waals surface area contributed by atoms with Gasteiger partial charge in [-0.1, -0.05) is 57.2 Å². The minimum absolute atomic E-state index is 0.107. The van der Waals surface area contributed by atoms with Crippen LogP contribution in [0.3, 0.4) is 0 Å². The first-order valence-corrected chi connectivity index (χ1v) is 7.93. The zero-order chi connectivity index (χ0) is 17.3. The van der Waals surface area contributed by atoms with Crippen LogP contribution >= 0.6 is 0 Å². The van der Waals surface area contributed by atoms with Crippen molar-refractivity contribution in [2.24, 2.45) is 5.41 Å². The van der Waals surface area contributed by atoms with Gasteiger partial charge in [0.25, 0.3) is 0 Å². The molecule has 3 rings (SSSR count). The van der Waals surface area contributed by atoms with Gasteiger partial charge in [-0.2, -0.15) is 0 Å². The number of hydrogen-bond donors (Lipinski definition) is 0. The Morgan fingerprint density at radius 3 is 1.96 bits per heavy atom. The van der Waals surface area contributed by atoms with Gasteiger partial charge >= 0.3 is 5.97 Å². The van der Waals surface area contributed by atoms with Crippen molar-refractivity contribution in [3.63, 3.8) is 0 Å². The topological polar surface area (TPSA) is 52.6 Å². The molecular weight excluding hydrogens is 304 g/mol. The van der Waals surface area contributed by atoms with Crippen molar-refractivity contribution in [1.82, 2.24) is 0 Å². The monoisotopic (exact) mass is 324 g/mol. The van der Waals surface area contributed by atoms with E-state index in [1.54, 1.807) is 0 Å². The average molecular weight is 324 g/mol. The largest absolute Gasteiger partial charge is 0.457 e. The third-order valence-electron chi connectivity index (χ3n) is 4.10. The Morgan fingerprint density at radius 2 is 1.46 bits per heavy atom. The van der Waals surface area contributed by atoms with Crippen LogP contribution < -0.4 is 4.74 Å². The molecule has 0 radical (unpaired) electrons. The summed E-state index contributed by atoms with van der Waals surface area (Å²) in [4.78, 5) is 24.8. The summed E-state index contributed by atoms with van der Waals surface area (Å²) in [6.45, 7) is 5.21. The molecule has 1 aliphatic rings. The van der Waals surface area contributed by atoms with Crippen molar-refractivity contribution in [3.05, 3.63) is 59.7 Å². The minimum Gasteiger partial charge on any atom is -0.457 e. The van der Waals surface area contributed by atoms with E-state index in [-0.39, 0.29) is 12.4 Å². The van der Waals surface area contributed by atoms with E-state index in [9.17, 15) is 9.59 Å². The van der Waals surface area contributed by atoms with Gasteiger partial charge in [0.05, 0.1) is 0 Å². The molecule has 2 aromatic rings. The summed E-state index contributed by atoms with van der Waals surface area (Å²) >= 11 is 0. The maximum absolute atomic E-state index is 12.7. The van der Waals surface area contributed by atoms with E-state index in [1.807, 2.05) is 69.3 Å². The average Bonchev–Trinajstić information content (AvgIpc) is 2.56. The predicted molar refractivity (Wildman–Crippen MR) is 90.2 cm³/mol. The number of ether oxygens (including phenoxy) is 2. The van der Waals surface area contributed by atoms with E-state index in [1.165, 1.54) is 0 Å². The highest BCUT2D eigenvalue weighted by atomic mass is 16.5. The van der Waals surface area contributed by atoms with Crippen LogP contribution in [0.4, 0.5) is 0 Å². The number of carbonyl (C=O) groups excluding carboxylic acids is 2. The molecule has 0 aliphatic carbocycles. The van der Waals surface area contributed by atoms with E-state index in [0.717, 1.165) is 11.1 Å². The third-order valence-corrected chi connectivity index (χ3v) is 4.10. The molecule has 0 fully saturated rings. The zero-order valence-corrected chi connectivity index (χ0v) is 14.0. The lowest BCUT2D eigenvalue weighted by molar-refractivity contribution is -0.150. The fourth-order valence-electron chi connectivity index (χ4n) is 2.60. The summed E-state index contributed by atoms with van der Waals surface area (Å²) in [5, 5.41) is 0. The first kappa shape index (κ1) is 16.2. The first-order chi connectivity index (χ1) is 11.4. The molecule has 0 aromatic heterocycles. The minimum atomic E-state index is -0.584. The number of benzene rings is 2. The molecule has 0 amide bonds. The molecule has 124 valence electrons. The van der Waals surface area contributed by atoms with Crippen molar-refractivity contribution < 1.29 is 19.1 Å². The second kappa shape index (κ2) is 6.11. The van der Waals surface area contributed by atoms with E-state index in [0.29, 0.717) is 11.5 Å². The van der Waals surface area contributed by atoms with Gasteiger partial charge < -0.3 is 9.47 Å². The quantitative estimate of drug-likeness (QED) is 0.798. The van der Waals surface area contributed by atoms with E-state index in [2.05, 4.69) is 0 Å². The van der Waals surface area contributed by atoms with Crippen LogP contribution in [0.2, 0.25) is 0 Å². The zero-order valence-electron chi connectivity index (χ0n) is 14.0. The number of carbonyl (C=O) groups is 2. The molecule has 24 heavy (non-hydrogen) atoms. The Labute approximate surface area is 141 Å². The lowest BCUT2D eigenvalue weighted by Gasteiger charge is -2.27. The number of Topliss-reactive ketones (excluding diaryl/α,β-unsaturated/α-hetero) is 1. The van der Waals surface area contributed by atoms with Gasteiger partial charge in [-0.25, -0.2) is 0 Å². The van der Waals surface area contributed by atoms with Gasteiger partial charge in [-0.15, -0.1) is 0 Å². The second-order valence-electron chi connectivity index (χ2n) is 6.89. The van der Waals surface area contributed by atoms with Crippen LogP contribution in [-0.4, -0.2) is 18.4 Å². The summed E-state index contributed by atoms with van der Waals surface area (Å²) in [7, 11) is 0. The van der Waals surface area contributed by atoms with Crippen molar-refractivity contribution in [1.29, 1.82) is 0 Å². The number of fused-ring (bicyclic) bond motifs is 2. The molecule has 0 N–H and O–H groups in total. The summed E-state index contributed by atoms with van der Waals surface area (Å²) in [6.07, 6.45) is 0. The Balaban J connectivity index is 1.90. The Morgan fingerprint density at radius 1 is 0.958 bits per heavy atom. The highest BCUT2D eigenvalue weighted by Crippen LogP contribution is 2.44. The van der Waals surface area contributed by atoms with Crippen LogP contribution in [0.25, 0.3) is 0 Å². The summed E-state index contributed by atoms with van der Waals surface area (Å²) < 4.78 is 11.2. The SMILES string of the molecule is CC(C)(C)C(=O)COC(=O)C1c2ccccc2Oc2ccccc21. The number of para-hydroxylation sites is 2. The Kier molecular flexibility index (Phi) is 4.14. The molecule has 0 saturated heterocycles. The standard InChI is InChI=1S/C20H20O4/c1-20(2,3)17(21)12-23-19(22)18-13-8-4-6-10-15(13)24-16-11-7-5-9-14(16)18/h4-11,18H,12H2,1-3H3. The van der Waals surface area contributed by atoms with E-state index in [4.69, 9.17) is 9.47 Å². The molecule has 2 aromatic carbocycles. The summed E-state index contributed by atoms with van der Waals surface area (Å²) in [6, 6.07) is 14.8. The number of ketones is 1. The molecule has 4 heteroatoms. The van der Waals surface area contributed by atoms with Gasteiger partial charge in [0.1, 0.15) is 17.4 Å². The normalized spacial score (nSPS) is 13.5. The third kappa shape index (κ3) is 3.04. The highest BCUT2D eigenvalue weighted by molar-refractivity contribution is 5.90. The fraction of sp³-hybridized carbons (Fsp3) is 0.300. The lowest BCUT2D eigenvalue weighted by Crippen LogP contribution is -2.29. The highest BCUT2D eigenvalue weighted by Gasteiger charge is 2.34. The molecule has 1 heterocycles. The molecule has 4 nitrogen and oxygen atoms in total.